The number of halogens is 2. The maximum Gasteiger partial charge on any atom is 0.338 e. The van der Waals surface area contributed by atoms with E-state index in [1.165, 1.54) is 11.3 Å². The van der Waals surface area contributed by atoms with E-state index in [2.05, 4.69) is 22.6 Å². The molecule has 0 N–H and O–H groups in total. The highest BCUT2D eigenvalue weighted by Gasteiger charge is 2.35. The van der Waals surface area contributed by atoms with E-state index < -0.39 is 12.0 Å². The van der Waals surface area contributed by atoms with Gasteiger partial charge in [0.25, 0.3) is 5.56 Å². The van der Waals surface area contributed by atoms with E-state index in [0.29, 0.717) is 43.7 Å². The Balaban J connectivity index is 1.79. The highest BCUT2D eigenvalue weighted by atomic mass is 127. The van der Waals surface area contributed by atoms with E-state index >= 15 is 0 Å². The molecule has 1 atom stereocenters. The van der Waals surface area contributed by atoms with Crippen molar-refractivity contribution in [2.75, 3.05) is 20.3 Å². The lowest BCUT2D eigenvalue weighted by Crippen LogP contribution is -2.40. The quantitative estimate of drug-likeness (QED) is 0.177. The molecule has 0 aliphatic carbocycles. The number of carbonyl (C=O) groups is 1. The number of fused-ring (bicyclic) bond motifs is 1. The van der Waals surface area contributed by atoms with Crippen LogP contribution in [-0.2, 0) is 9.53 Å². The highest BCUT2D eigenvalue weighted by Crippen LogP contribution is 2.36. The number of thiazole rings is 1. The number of aromatic nitrogens is 1. The van der Waals surface area contributed by atoms with E-state index in [4.69, 9.17) is 30.8 Å². The van der Waals surface area contributed by atoms with Crippen molar-refractivity contribution in [3.8, 4) is 11.5 Å². The lowest BCUT2D eigenvalue weighted by Gasteiger charge is -2.25. The molecule has 3 aromatic carbocycles. The second-order valence-electron chi connectivity index (χ2n) is 8.95. The third-order valence-electron chi connectivity index (χ3n) is 6.40. The first-order valence-electron chi connectivity index (χ1n) is 12.9. The van der Waals surface area contributed by atoms with Crippen molar-refractivity contribution in [2.24, 2.45) is 4.99 Å². The largest absolute Gasteiger partial charge is 0.493 e. The van der Waals surface area contributed by atoms with Gasteiger partial charge in [-0.25, -0.2) is 9.79 Å². The summed E-state index contributed by atoms with van der Waals surface area (Å²) >= 11 is 9.66. The molecule has 0 saturated heterocycles. The third kappa shape index (κ3) is 5.84. The Kier molecular flexibility index (Phi) is 8.96. The number of ether oxygens (including phenoxy) is 3. The summed E-state index contributed by atoms with van der Waals surface area (Å²) in [6.45, 7) is 4.34. The van der Waals surface area contributed by atoms with Crippen molar-refractivity contribution in [2.45, 2.75) is 19.9 Å². The highest BCUT2D eigenvalue weighted by molar-refractivity contribution is 14.1. The summed E-state index contributed by atoms with van der Waals surface area (Å²) in [6, 6.07) is 19.6. The van der Waals surface area contributed by atoms with Crippen LogP contribution in [0.2, 0.25) is 5.02 Å². The number of hydrogen-bond donors (Lipinski definition) is 0. The van der Waals surface area contributed by atoms with Gasteiger partial charge in [0, 0.05) is 10.6 Å². The molecule has 1 aliphatic heterocycles. The molecule has 7 nitrogen and oxygen atoms in total. The van der Waals surface area contributed by atoms with Crippen LogP contribution in [0.25, 0.3) is 11.8 Å². The molecular formula is C31H26ClIN2O5S. The van der Waals surface area contributed by atoms with Crippen LogP contribution in [0, 0.1) is 3.57 Å². The van der Waals surface area contributed by atoms with Crippen molar-refractivity contribution >= 4 is 63.3 Å². The van der Waals surface area contributed by atoms with E-state index in [9.17, 15) is 9.59 Å². The Labute approximate surface area is 259 Å². The number of hydrogen-bond acceptors (Lipinski definition) is 7. The summed E-state index contributed by atoms with van der Waals surface area (Å²) < 4.78 is 19.7. The Morgan fingerprint density at radius 2 is 1.83 bits per heavy atom. The number of methoxy groups -OCH3 is 1. The fourth-order valence-electron chi connectivity index (χ4n) is 4.66. The number of rotatable bonds is 8. The number of nitrogens with zero attached hydrogens (tertiary/aromatic N) is 2. The molecule has 210 valence electrons. The number of esters is 1. The third-order valence-corrected chi connectivity index (χ3v) is 8.43. The van der Waals surface area contributed by atoms with Gasteiger partial charge in [-0.2, -0.15) is 0 Å². The van der Waals surface area contributed by atoms with Gasteiger partial charge in [0.2, 0.25) is 0 Å². The second-order valence-corrected chi connectivity index (χ2v) is 11.6. The molecule has 1 aliphatic rings. The maximum absolute atomic E-state index is 14.1. The Morgan fingerprint density at radius 1 is 1.10 bits per heavy atom. The van der Waals surface area contributed by atoms with Crippen LogP contribution >= 0.6 is 45.5 Å². The van der Waals surface area contributed by atoms with Crippen LogP contribution < -0.4 is 24.4 Å². The van der Waals surface area contributed by atoms with Crippen LogP contribution in [0.15, 0.2) is 82.1 Å². The van der Waals surface area contributed by atoms with E-state index in [0.717, 1.165) is 14.7 Å². The molecule has 10 heteroatoms. The normalized spacial score (nSPS) is 14.9. The van der Waals surface area contributed by atoms with Gasteiger partial charge in [-0.1, -0.05) is 65.4 Å². The predicted octanol–water partition coefficient (Wildman–Crippen LogP) is 5.60. The van der Waals surface area contributed by atoms with Crippen molar-refractivity contribution < 1.29 is 19.0 Å². The van der Waals surface area contributed by atoms with Gasteiger partial charge >= 0.3 is 5.97 Å². The molecule has 0 radical (unpaired) electrons. The maximum atomic E-state index is 14.1. The zero-order valence-corrected chi connectivity index (χ0v) is 26.2. The zero-order chi connectivity index (χ0) is 29.1. The summed E-state index contributed by atoms with van der Waals surface area (Å²) in [5, 5.41) is 0.546. The topological polar surface area (TPSA) is 79.1 Å². The van der Waals surface area contributed by atoms with E-state index in [1.807, 2.05) is 61.5 Å². The number of carbonyl (C=O) groups excluding carboxylic acids is 1. The first-order valence-corrected chi connectivity index (χ1v) is 15.2. The summed E-state index contributed by atoms with van der Waals surface area (Å²) in [6.07, 6.45) is 1.80. The first kappa shape index (κ1) is 29.1. The van der Waals surface area contributed by atoms with Gasteiger partial charge in [0.15, 0.2) is 16.3 Å². The molecule has 4 aromatic rings. The Bertz CT molecular complexity index is 1810. The van der Waals surface area contributed by atoms with E-state index in [-0.39, 0.29) is 17.7 Å². The predicted molar refractivity (Wildman–Crippen MR) is 169 cm³/mol. The molecule has 41 heavy (non-hydrogen) atoms. The molecule has 1 aromatic heterocycles. The summed E-state index contributed by atoms with van der Waals surface area (Å²) in [5.41, 5.74) is 2.72. The van der Waals surface area contributed by atoms with Crippen molar-refractivity contribution in [1.82, 2.24) is 4.57 Å². The van der Waals surface area contributed by atoms with Crippen LogP contribution in [0.1, 0.15) is 36.6 Å². The molecule has 0 spiro atoms. The standard InChI is InChI=1S/C31H26ClIN2O5S/c1-4-39-28-22(33)15-18(16-23(28)38-3)17-24-29(36)35-27(20-11-13-21(32)14-12-20)25(30(37)40-5-2)26(34-31(35)41-24)19-9-7-6-8-10-19/h6-17,27H,4-5H2,1-3H3/b24-17-/t27-/m0/s1. The fourth-order valence-corrected chi connectivity index (χ4v) is 6.57. The van der Waals surface area contributed by atoms with Crippen molar-refractivity contribution in [3.63, 3.8) is 0 Å². The van der Waals surface area contributed by atoms with Gasteiger partial charge in [-0.3, -0.25) is 9.36 Å². The molecule has 0 saturated carbocycles. The van der Waals surface area contributed by atoms with Gasteiger partial charge in [-0.15, -0.1) is 0 Å². The van der Waals surface area contributed by atoms with Crippen LogP contribution in [0.5, 0.6) is 11.5 Å². The summed E-state index contributed by atoms with van der Waals surface area (Å²) in [4.78, 5) is 32.9. The smallest absolute Gasteiger partial charge is 0.338 e. The minimum absolute atomic E-state index is 0.181. The monoisotopic (exact) mass is 700 g/mol. The second kappa shape index (κ2) is 12.6. The number of benzene rings is 3. The molecule has 0 amide bonds. The minimum Gasteiger partial charge on any atom is -0.493 e. The average Bonchev–Trinajstić information content (AvgIpc) is 3.28. The molecule has 0 bridgehead atoms. The van der Waals surface area contributed by atoms with E-state index in [1.54, 1.807) is 36.8 Å². The van der Waals surface area contributed by atoms with Crippen LogP contribution in [-0.4, -0.2) is 30.9 Å². The van der Waals surface area contributed by atoms with Crippen molar-refractivity contribution in [3.05, 3.63) is 117 Å². The van der Waals surface area contributed by atoms with Gasteiger partial charge < -0.3 is 14.2 Å². The molecule has 0 unspecified atom stereocenters. The lowest BCUT2D eigenvalue weighted by molar-refractivity contribution is -0.138. The fraction of sp³-hybridized carbons (Fsp3) is 0.194. The zero-order valence-electron chi connectivity index (χ0n) is 22.5. The molecule has 5 rings (SSSR count). The van der Waals surface area contributed by atoms with Gasteiger partial charge in [0.1, 0.15) is 0 Å². The van der Waals surface area contributed by atoms with Gasteiger partial charge in [-0.05, 0) is 77.9 Å². The molecule has 0 fully saturated rings. The lowest BCUT2D eigenvalue weighted by atomic mass is 9.93. The van der Waals surface area contributed by atoms with Gasteiger partial charge in [0.05, 0.1) is 45.7 Å². The molecular weight excluding hydrogens is 675 g/mol. The Hall–Kier alpha value is -3.41. The molecule has 2 heterocycles. The first-order chi connectivity index (χ1) is 19.9. The van der Waals surface area contributed by atoms with Crippen molar-refractivity contribution in [1.29, 1.82) is 0 Å². The summed E-state index contributed by atoms with van der Waals surface area (Å²) in [5.74, 6) is 0.700. The van der Waals surface area contributed by atoms with Crippen LogP contribution in [0.3, 0.4) is 0 Å². The minimum atomic E-state index is -0.769. The summed E-state index contributed by atoms with van der Waals surface area (Å²) in [7, 11) is 1.58. The Morgan fingerprint density at radius 3 is 2.49 bits per heavy atom. The SMILES string of the molecule is CCOC(=O)C1=C(c2ccccc2)N=c2s/c(=C\c3cc(I)c(OCC)c(OC)c3)c(=O)n2[C@H]1c1ccc(Cl)cc1. The van der Waals surface area contributed by atoms with Crippen LogP contribution in [0.4, 0.5) is 0 Å². The average molecular weight is 701 g/mol.